The molecule has 4 aliphatic rings. The Bertz CT molecular complexity index is 853. The Hall–Kier alpha value is -1.46. The maximum absolute atomic E-state index is 6.06. The zero-order chi connectivity index (χ0) is 25.3. The van der Waals surface area contributed by atoms with E-state index in [1.165, 1.54) is 69.5 Å². The zero-order valence-electron chi connectivity index (χ0n) is 23.7. The number of hydrogen-bond donors (Lipinski definition) is 0. The van der Waals surface area contributed by atoms with Gasteiger partial charge in [-0.25, -0.2) is 0 Å². The summed E-state index contributed by atoms with van der Waals surface area (Å²) in [6.07, 6.45) is 10.8. The Labute approximate surface area is 220 Å². The Morgan fingerprint density at radius 2 is 1.39 bits per heavy atom. The molecule has 1 aromatic carbocycles. The van der Waals surface area contributed by atoms with Crippen LogP contribution in [0.5, 0.6) is 5.75 Å². The van der Waals surface area contributed by atoms with Crippen LogP contribution in [0.25, 0.3) is 0 Å². The maximum atomic E-state index is 6.06. The molecule has 0 amide bonds. The monoisotopic (exact) mass is 497 g/mol. The molecule has 0 aromatic heterocycles. The lowest BCUT2D eigenvalue weighted by molar-refractivity contribution is 0.0818. The SMILES string of the molecule is COc1cc(N2CCN(CC3CC3)CC2)c(C2CCC(C(C)(C)C)CC2)cc1N1CCC(OC)CC1. The molecule has 0 spiro atoms. The van der Waals surface area contributed by atoms with Gasteiger partial charge >= 0.3 is 0 Å². The molecule has 2 saturated carbocycles. The van der Waals surface area contributed by atoms with Crippen molar-refractivity contribution in [3.05, 3.63) is 17.7 Å². The molecule has 0 radical (unpaired) electrons. The number of ether oxygens (including phenoxy) is 2. The minimum absolute atomic E-state index is 0.394. The average molecular weight is 498 g/mol. The molecule has 0 atom stereocenters. The van der Waals surface area contributed by atoms with E-state index in [2.05, 4.69) is 47.6 Å². The van der Waals surface area contributed by atoms with Crippen molar-refractivity contribution in [1.82, 2.24) is 4.90 Å². The molecule has 4 fully saturated rings. The second kappa shape index (κ2) is 11.1. The number of piperazine rings is 1. The molecule has 202 valence electrons. The van der Waals surface area contributed by atoms with Gasteiger partial charge in [0.05, 0.1) is 18.9 Å². The second-order valence-electron chi connectivity index (χ2n) is 13.2. The van der Waals surface area contributed by atoms with E-state index in [-0.39, 0.29) is 0 Å². The van der Waals surface area contributed by atoms with Crippen molar-refractivity contribution in [3.8, 4) is 5.75 Å². The molecular weight excluding hydrogens is 446 g/mol. The predicted octanol–water partition coefficient (Wildman–Crippen LogP) is 6.16. The van der Waals surface area contributed by atoms with Gasteiger partial charge in [-0.15, -0.1) is 0 Å². The van der Waals surface area contributed by atoms with Crippen LogP contribution in [0.3, 0.4) is 0 Å². The van der Waals surface area contributed by atoms with Crippen LogP contribution in [0.2, 0.25) is 0 Å². The number of methoxy groups -OCH3 is 2. The molecule has 0 N–H and O–H groups in total. The molecule has 2 aliphatic heterocycles. The fraction of sp³-hybridized carbons (Fsp3) is 0.806. The van der Waals surface area contributed by atoms with Gasteiger partial charge < -0.3 is 19.3 Å². The highest BCUT2D eigenvalue weighted by Gasteiger charge is 2.34. The van der Waals surface area contributed by atoms with Gasteiger partial charge in [-0.2, -0.15) is 0 Å². The molecule has 36 heavy (non-hydrogen) atoms. The van der Waals surface area contributed by atoms with Gasteiger partial charge in [0.1, 0.15) is 5.75 Å². The van der Waals surface area contributed by atoms with Gasteiger partial charge in [0.15, 0.2) is 0 Å². The number of hydrogen-bond acceptors (Lipinski definition) is 5. The predicted molar refractivity (Wildman–Crippen MR) is 151 cm³/mol. The summed E-state index contributed by atoms with van der Waals surface area (Å²) in [4.78, 5) is 7.93. The van der Waals surface area contributed by atoms with Gasteiger partial charge in [-0.3, -0.25) is 4.90 Å². The molecule has 2 heterocycles. The van der Waals surface area contributed by atoms with Crippen molar-refractivity contribution in [2.45, 2.75) is 84.2 Å². The smallest absolute Gasteiger partial charge is 0.144 e. The molecule has 1 aromatic rings. The Morgan fingerprint density at radius 1 is 0.750 bits per heavy atom. The first-order valence-electron chi connectivity index (χ1n) is 14.8. The van der Waals surface area contributed by atoms with Crippen molar-refractivity contribution < 1.29 is 9.47 Å². The minimum Gasteiger partial charge on any atom is -0.495 e. The third-order valence-corrected chi connectivity index (χ3v) is 9.76. The molecule has 0 unspecified atom stereocenters. The quantitative estimate of drug-likeness (QED) is 0.450. The largest absolute Gasteiger partial charge is 0.495 e. The van der Waals surface area contributed by atoms with Gasteiger partial charge in [0.25, 0.3) is 0 Å². The van der Waals surface area contributed by atoms with Crippen LogP contribution in [0.1, 0.15) is 83.6 Å². The van der Waals surface area contributed by atoms with Crippen LogP contribution in [0.15, 0.2) is 12.1 Å². The number of benzene rings is 1. The van der Waals surface area contributed by atoms with Crippen LogP contribution < -0.4 is 14.5 Å². The van der Waals surface area contributed by atoms with Crippen molar-refractivity contribution in [2.75, 3.05) is 69.8 Å². The summed E-state index contributed by atoms with van der Waals surface area (Å²) in [5, 5.41) is 0. The number of anilines is 2. The van der Waals surface area contributed by atoms with Crippen molar-refractivity contribution >= 4 is 11.4 Å². The van der Waals surface area contributed by atoms with Crippen LogP contribution in [0, 0.1) is 17.3 Å². The third-order valence-electron chi connectivity index (χ3n) is 9.76. The van der Waals surface area contributed by atoms with E-state index in [4.69, 9.17) is 9.47 Å². The summed E-state index contributed by atoms with van der Waals surface area (Å²) in [6, 6.07) is 4.94. The fourth-order valence-corrected chi connectivity index (χ4v) is 7.03. The maximum Gasteiger partial charge on any atom is 0.144 e. The molecular formula is C31H51N3O2. The Balaban J connectivity index is 1.40. The Morgan fingerprint density at radius 3 is 1.94 bits per heavy atom. The van der Waals surface area contributed by atoms with Crippen molar-refractivity contribution in [1.29, 1.82) is 0 Å². The first-order valence-corrected chi connectivity index (χ1v) is 14.8. The van der Waals surface area contributed by atoms with Crippen LogP contribution in [0.4, 0.5) is 11.4 Å². The van der Waals surface area contributed by atoms with E-state index in [0.29, 0.717) is 17.4 Å². The number of piperidine rings is 1. The van der Waals surface area contributed by atoms with E-state index in [0.717, 1.165) is 56.6 Å². The van der Waals surface area contributed by atoms with E-state index >= 15 is 0 Å². The molecule has 5 rings (SSSR count). The summed E-state index contributed by atoms with van der Waals surface area (Å²) >= 11 is 0. The zero-order valence-corrected chi connectivity index (χ0v) is 23.7. The second-order valence-corrected chi connectivity index (χ2v) is 13.2. The molecule has 2 saturated heterocycles. The highest BCUT2D eigenvalue weighted by atomic mass is 16.5. The van der Waals surface area contributed by atoms with E-state index < -0.39 is 0 Å². The highest BCUT2D eigenvalue weighted by molar-refractivity contribution is 5.71. The van der Waals surface area contributed by atoms with Crippen LogP contribution in [-0.2, 0) is 4.74 Å². The van der Waals surface area contributed by atoms with Crippen molar-refractivity contribution in [2.24, 2.45) is 17.3 Å². The fourth-order valence-electron chi connectivity index (χ4n) is 7.03. The van der Waals surface area contributed by atoms with Gasteiger partial charge in [0.2, 0.25) is 0 Å². The molecule has 2 aliphatic carbocycles. The summed E-state index contributed by atoms with van der Waals surface area (Å²) in [5.41, 5.74) is 4.76. The van der Waals surface area contributed by atoms with Crippen LogP contribution in [-0.4, -0.2) is 71.0 Å². The lowest BCUT2D eigenvalue weighted by Crippen LogP contribution is -2.47. The summed E-state index contributed by atoms with van der Waals surface area (Å²) in [6.45, 7) is 15.4. The normalized spacial score (nSPS) is 26.9. The average Bonchev–Trinajstić information content (AvgIpc) is 3.72. The molecule has 5 nitrogen and oxygen atoms in total. The van der Waals surface area contributed by atoms with E-state index in [9.17, 15) is 0 Å². The van der Waals surface area contributed by atoms with Crippen LogP contribution >= 0.6 is 0 Å². The first-order chi connectivity index (χ1) is 17.4. The Kier molecular flexibility index (Phi) is 8.07. The van der Waals surface area contributed by atoms with Gasteiger partial charge in [-0.1, -0.05) is 20.8 Å². The number of rotatable bonds is 7. The van der Waals surface area contributed by atoms with Gasteiger partial charge in [0, 0.05) is 64.7 Å². The lowest BCUT2D eigenvalue weighted by Gasteiger charge is -2.41. The third kappa shape index (κ3) is 5.99. The van der Waals surface area contributed by atoms with E-state index in [1.807, 2.05) is 14.2 Å². The number of nitrogens with zero attached hydrogens (tertiary/aromatic N) is 3. The van der Waals surface area contributed by atoms with Crippen molar-refractivity contribution in [3.63, 3.8) is 0 Å². The summed E-state index contributed by atoms with van der Waals surface area (Å²) in [7, 11) is 3.71. The topological polar surface area (TPSA) is 28.2 Å². The lowest BCUT2D eigenvalue weighted by atomic mass is 9.68. The summed E-state index contributed by atoms with van der Waals surface area (Å²) in [5.74, 6) is 3.53. The molecule has 5 heteroatoms. The van der Waals surface area contributed by atoms with E-state index in [1.54, 1.807) is 5.56 Å². The first kappa shape index (κ1) is 26.2. The standard InChI is InChI=1S/C31H51N3O2/c1-31(2,3)25-10-8-24(9-11-25)27-20-29(33-14-12-26(35-4)13-15-33)30(36-5)21-28(27)34-18-16-32(17-19-34)22-23-6-7-23/h20-21,23-26H,6-19,22H2,1-5H3. The highest BCUT2D eigenvalue weighted by Crippen LogP contribution is 2.48. The van der Waals surface area contributed by atoms with Gasteiger partial charge in [-0.05, 0) is 86.2 Å². The summed E-state index contributed by atoms with van der Waals surface area (Å²) < 4.78 is 11.7. The minimum atomic E-state index is 0.394. The molecule has 0 bridgehead atoms.